The van der Waals surface area contributed by atoms with Crippen molar-refractivity contribution in [2.45, 2.75) is 13.0 Å². The third-order valence-corrected chi connectivity index (χ3v) is 3.45. The second kappa shape index (κ2) is 4.76. The monoisotopic (exact) mass is 251 g/mol. The van der Waals surface area contributed by atoms with Gasteiger partial charge < -0.3 is 10.6 Å². The van der Waals surface area contributed by atoms with E-state index in [1.54, 1.807) is 0 Å². The molecule has 0 fully saturated rings. The number of nitrogens with zero attached hydrogens (tertiary/aromatic N) is 2. The van der Waals surface area contributed by atoms with Crippen molar-refractivity contribution in [3.63, 3.8) is 0 Å². The first-order valence-electron chi connectivity index (χ1n) is 6.46. The number of hydrogen-bond donors (Lipinski definition) is 1. The van der Waals surface area contributed by atoms with Crippen molar-refractivity contribution >= 4 is 11.6 Å². The minimum Gasteiger partial charge on any atom is -0.369 e. The summed E-state index contributed by atoms with van der Waals surface area (Å²) < 4.78 is 0. The van der Waals surface area contributed by atoms with E-state index in [1.807, 2.05) is 6.07 Å². The van der Waals surface area contributed by atoms with E-state index in [1.165, 1.54) is 11.1 Å². The van der Waals surface area contributed by atoms with Crippen LogP contribution in [0.25, 0.3) is 0 Å². The Balaban J connectivity index is 1.99. The van der Waals surface area contributed by atoms with Gasteiger partial charge in [-0.3, -0.25) is 4.99 Å². The lowest BCUT2D eigenvalue weighted by Crippen LogP contribution is -2.36. The van der Waals surface area contributed by atoms with E-state index >= 15 is 0 Å². The first-order valence-corrected chi connectivity index (χ1v) is 6.46. The van der Waals surface area contributed by atoms with Crippen molar-refractivity contribution in [3.05, 3.63) is 65.7 Å². The summed E-state index contributed by atoms with van der Waals surface area (Å²) in [4.78, 5) is 6.52. The number of guanidine groups is 1. The first-order chi connectivity index (χ1) is 9.25. The molecule has 0 radical (unpaired) electrons. The highest BCUT2D eigenvalue weighted by atomic mass is 15.3. The lowest BCUT2D eigenvalue weighted by atomic mass is 10.1. The van der Waals surface area contributed by atoms with Crippen LogP contribution >= 0.6 is 0 Å². The summed E-state index contributed by atoms with van der Waals surface area (Å²) in [6.45, 7) is 2.80. The van der Waals surface area contributed by atoms with E-state index in [-0.39, 0.29) is 6.04 Å². The summed E-state index contributed by atoms with van der Waals surface area (Å²) in [6.07, 6.45) is 0. The second-order valence-corrected chi connectivity index (χ2v) is 4.83. The molecule has 1 heterocycles. The normalized spacial score (nSPS) is 18.5. The molecule has 1 aliphatic heterocycles. The average Bonchev–Trinajstić information content (AvgIpc) is 2.82. The predicted octanol–water partition coefficient (Wildman–Crippen LogP) is 2.87. The third-order valence-electron chi connectivity index (χ3n) is 3.45. The number of nitrogens with two attached hydrogens (primary N) is 1. The maximum absolute atomic E-state index is 6.06. The molecular formula is C16H17N3. The maximum Gasteiger partial charge on any atom is 0.196 e. The molecule has 96 valence electrons. The zero-order valence-electron chi connectivity index (χ0n) is 11.0. The van der Waals surface area contributed by atoms with Crippen LogP contribution in [0.3, 0.4) is 0 Å². The fourth-order valence-electron chi connectivity index (χ4n) is 2.52. The van der Waals surface area contributed by atoms with Gasteiger partial charge >= 0.3 is 0 Å². The molecule has 2 aromatic carbocycles. The van der Waals surface area contributed by atoms with E-state index < -0.39 is 0 Å². The average molecular weight is 251 g/mol. The van der Waals surface area contributed by atoms with Gasteiger partial charge in [-0.25, -0.2) is 0 Å². The van der Waals surface area contributed by atoms with E-state index in [4.69, 9.17) is 5.73 Å². The van der Waals surface area contributed by atoms with Gasteiger partial charge in [0.2, 0.25) is 0 Å². The molecule has 0 saturated heterocycles. The lowest BCUT2D eigenvalue weighted by molar-refractivity contribution is 0.768. The Morgan fingerprint density at radius 3 is 2.63 bits per heavy atom. The van der Waals surface area contributed by atoms with Crippen LogP contribution in [0.4, 0.5) is 5.69 Å². The zero-order valence-corrected chi connectivity index (χ0v) is 11.0. The van der Waals surface area contributed by atoms with Crippen LogP contribution < -0.4 is 10.6 Å². The summed E-state index contributed by atoms with van der Waals surface area (Å²) in [5.74, 6) is 0.597. The molecule has 1 aliphatic rings. The minimum absolute atomic E-state index is 0.197. The number of aliphatic imine (C=N–C) groups is 1. The van der Waals surface area contributed by atoms with Gasteiger partial charge in [-0.2, -0.15) is 0 Å². The molecule has 0 amide bonds. The van der Waals surface area contributed by atoms with Gasteiger partial charge in [0.1, 0.15) is 0 Å². The molecule has 3 nitrogen and oxygen atoms in total. The Morgan fingerprint density at radius 1 is 1.11 bits per heavy atom. The van der Waals surface area contributed by atoms with Gasteiger partial charge in [0.15, 0.2) is 5.96 Å². The summed E-state index contributed by atoms with van der Waals surface area (Å²) in [5.41, 5.74) is 9.64. The lowest BCUT2D eigenvalue weighted by Gasteiger charge is -2.27. The Labute approximate surface area is 113 Å². The van der Waals surface area contributed by atoms with E-state index in [9.17, 15) is 0 Å². The molecule has 3 heteroatoms. The molecule has 1 atom stereocenters. The van der Waals surface area contributed by atoms with Gasteiger partial charge in [0, 0.05) is 5.69 Å². The smallest absolute Gasteiger partial charge is 0.196 e. The topological polar surface area (TPSA) is 41.6 Å². The molecule has 0 spiro atoms. The van der Waals surface area contributed by atoms with Crippen LogP contribution in [0.15, 0.2) is 59.6 Å². The molecule has 2 aromatic rings. The fourth-order valence-corrected chi connectivity index (χ4v) is 2.52. The number of benzene rings is 2. The second-order valence-electron chi connectivity index (χ2n) is 4.83. The number of rotatable bonds is 2. The summed E-state index contributed by atoms with van der Waals surface area (Å²) in [5, 5.41) is 0. The van der Waals surface area contributed by atoms with Crippen molar-refractivity contribution in [1.29, 1.82) is 0 Å². The van der Waals surface area contributed by atoms with Crippen molar-refractivity contribution < 1.29 is 0 Å². The van der Waals surface area contributed by atoms with Crippen LogP contribution in [-0.4, -0.2) is 12.5 Å². The Kier molecular flexibility index (Phi) is 2.95. The minimum atomic E-state index is 0.197. The number of anilines is 1. The van der Waals surface area contributed by atoms with Gasteiger partial charge in [-0.05, 0) is 30.2 Å². The van der Waals surface area contributed by atoms with Crippen molar-refractivity contribution in [2.24, 2.45) is 10.7 Å². The molecule has 19 heavy (non-hydrogen) atoms. The quantitative estimate of drug-likeness (QED) is 0.891. The predicted molar refractivity (Wildman–Crippen MR) is 79.3 cm³/mol. The fraction of sp³-hybridized carbons (Fsp3) is 0.188. The van der Waals surface area contributed by atoms with Gasteiger partial charge in [-0.1, -0.05) is 42.5 Å². The van der Waals surface area contributed by atoms with E-state index in [0.717, 1.165) is 5.69 Å². The van der Waals surface area contributed by atoms with Gasteiger partial charge in [0.25, 0.3) is 0 Å². The molecular weight excluding hydrogens is 234 g/mol. The largest absolute Gasteiger partial charge is 0.369 e. The van der Waals surface area contributed by atoms with Crippen LogP contribution in [0.2, 0.25) is 0 Å². The van der Waals surface area contributed by atoms with Crippen LogP contribution in [0.5, 0.6) is 0 Å². The summed E-state index contributed by atoms with van der Waals surface area (Å²) in [7, 11) is 0. The van der Waals surface area contributed by atoms with E-state index in [2.05, 4.69) is 65.3 Å². The summed E-state index contributed by atoms with van der Waals surface area (Å²) >= 11 is 0. The Bertz CT molecular complexity index is 604. The van der Waals surface area contributed by atoms with Crippen LogP contribution in [0, 0.1) is 6.92 Å². The van der Waals surface area contributed by atoms with Crippen LogP contribution in [-0.2, 0) is 0 Å². The summed E-state index contributed by atoms with van der Waals surface area (Å²) in [6, 6.07) is 18.9. The highest BCUT2D eigenvalue weighted by Gasteiger charge is 2.28. The highest BCUT2D eigenvalue weighted by molar-refractivity contribution is 5.97. The number of hydrogen-bond acceptors (Lipinski definition) is 3. The standard InChI is InChI=1S/C16H17N3/c1-12-6-5-9-14(10-12)19-15(11-18-16(19)17)13-7-3-2-4-8-13/h2-10,15H,11H2,1H3,(H2,17,18). The number of aryl methyl sites for hydroxylation is 1. The zero-order chi connectivity index (χ0) is 13.2. The molecule has 1 unspecified atom stereocenters. The van der Waals surface area contributed by atoms with Crippen molar-refractivity contribution in [2.75, 3.05) is 11.4 Å². The van der Waals surface area contributed by atoms with Crippen molar-refractivity contribution in [1.82, 2.24) is 0 Å². The highest BCUT2D eigenvalue weighted by Crippen LogP contribution is 2.31. The van der Waals surface area contributed by atoms with E-state index in [0.29, 0.717) is 12.5 Å². The maximum atomic E-state index is 6.06. The third kappa shape index (κ3) is 2.19. The molecule has 3 rings (SSSR count). The SMILES string of the molecule is Cc1cccc(N2C(N)=NCC2c2ccccc2)c1. The molecule has 0 aromatic heterocycles. The molecule has 0 bridgehead atoms. The van der Waals surface area contributed by atoms with Gasteiger partial charge in [0.05, 0.1) is 12.6 Å². The molecule has 0 saturated carbocycles. The Hall–Kier alpha value is -2.29. The Morgan fingerprint density at radius 2 is 1.89 bits per heavy atom. The first kappa shape index (κ1) is 11.8. The van der Waals surface area contributed by atoms with Crippen LogP contribution in [0.1, 0.15) is 17.2 Å². The van der Waals surface area contributed by atoms with Crippen molar-refractivity contribution in [3.8, 4) is 0 Å². The molecule has 2 N–H and O–H groups in total. The molecule has 0 aliphatic carbocycles. The van der Waals surface area contributed by atoms with Gasteiger partial charge in [-0.15, -0.1) is 0 Å².